The topological polar surface area (TPSA) is 69.7 Å². The first kappa shape index (κ1) is 22.3. The molecule has 3 rings (SSSR count). The Labute approximate surface area is 182 Å². The van der Waals surface area contributed by atoms with E-state index in [0.29, 0.717) is 5.69 Å². The first-order chi connectivity index (χ1) is 14.8. The number of para-hydroxylation sites is 1. The van der Waals surface area contributed by atoms with Gasteiger partial charge in [0.2, 0.25) is 5.91 Å². The lowest BCUT2D eigenvalue weighted by Gasteiger charge is -2.24. The zero-order valence-electron chi connectivity index (χ0n) is 17.3. The lowest BCUT2D eigenvalue weighted by Crippen LogP contribution is -2.40. The summed E-state index contributed by atoms with van der Waals surface area (Å²) in [5.41, 5.74) is 2.28. The van der Waals surface area contributed by atoms with E-state index >= 15 is 0 Å². The quantitative estimate of drug-likeness (QED) is 0.582. The van der Waals surface area contributed by atoms with E-state index in [9.17, 15) is 17.6 Å². The van der Waals surface area contributed by atoms with Gasteiger partial charge in [0.15, 0.2) is 0 Å². The maximum atomic E-state index is 13.3. The minimum Gasteiger partial charge on any atom is -0.378 e. The Bertz CT molecular complexity index is 1120. The largest absolute Gasteiger partial charge is 0.378 e. The third kappa shape index (κ3) is 5.61. The third-order valence-electron chi connectivity index (χ3n) is 4.68. The van der Waals surface area contributed by atoms with E-state index < -0.39 is 28.3 Å². The molecule has 0 heterocycles. The normalized spacial score (nSPS) is 11.1. The van der Waals surface area contributed by atoms with E-state index in [0.717, 1.165) is 27.7 Å². The smallest absolute Gasteiger partial charge is 0.264 e. The lowest BCUT2D eigenvalue weighted by molar-refractivity contribution is -0.119. The zero-order valence-corrected chi connectivity index (χ0v) is 18.1. The van der Waals surface area contributed by atoms with Crippen molar-refractivity contribution >= 4 is 27.3 Å². The summed E-state index contributed by atoms with van der Waals surface area (Å²) in [7, 11) is -0.182. The standard InChI is InChI=1S/C23H24FN3O3S/c1-26(2)20-12-8-18(9-13-20)16-25-23(28)17-27(21-6-4-3-5-7-21)31(29,30)22-14-10-19(24)11-15-22/h3-15H,16-17H2,1-2H3,(H,25,28). The molecule has 1 N–H and O–H groups in total. The van der Waals surface area contributed by atoms with Gasteiger partial charge in [-0.25, -0.2) is 12.8 Å². The van der Waals surface area contributed by atoms with Crippen LogP contribution >= 0.6 is 0 Å². The molecule has 0 aromatic heterocycles. The molecule has 3 aromatic rings. The Hall–Kier alpha value is -3.39. The predicted molar refractivity (Wildman–Crippen MR) is 120 cm³/mol. The van der Waals surface area contributed by atoms with Crippen molar-refractivity contribution < 1.29 is 17.6 Å². The fraction of sp³-hybridized carbons (Fsp3) is 0.174. The fourth-order valence-electron chi connectivity index (χ4n) is 2.94. The van der Waals surface area contributed by atoms with Crippen LogP contribution in [0, 0.1) is 5.82 Å². The van der Waals surface area contributed by atoms with Gasteiger partial charge >= 0.3 is 0 Å². The Balaban J connectivity index is 1.77. The highest BCUT2D eigenvalue weighted by Crippen LogP contribution is 2.23. The molecule has 0 aliphatic carbocycles. The molecule has 6 nitrogen and oxygen atoms in total. The van der Waals surface area contributed by atoms with E-state index in [-0.39, 0.29) is 11.4 Å². The number of nitrogens with one attached hydrogen (secondary N) is 1. The number of carbonyl (C=O) groups excluding carboxylic acids is 1. The van der Waals surface area contributed by atoms with Crippen molar-refractivity contribution in [1.29, 1.82) is 0 Å². The highest BCUT2D eigenvalue weighted by atomic mass is 32.2. The van der Waals surface area contributed by atoms with Crippen LogP contribution in [0.1, 0.15) is 5.56 Å². The molecule has 3 aromatic carbocycles. The van der Waals surface area contributed by atoms with Crippen LogP contribution in [-0.2, 0) is 21.4 Å². The maximum absolute atomic E-state index is 13.3. The first-order valence-electron chi connectivity index (χ1n) is 9.64. The van der Waals surface area contributed by atoms with Crippen LogP contribution < -0.4 is 14.5 Å². The number of sulfonamides is 1. The molecule has 8 heteroatoms. The number of rotatable bonds is 8. The maximum Gasteiger partial charge on any atom is 0.264 e. The number of hydrogen-bond donors (Lipinski definition) is 1. The van der Waals surface area contributed by atoms with Crippen LogP contribution in [0.4, 0.5) is 15.8 Å². The van der Waals surface area contributed by atoms with Gasteiger partial charge < -0.3 is 10.2 Å². The molecule has 162 valence electrons. The Morgan fingerprint density at radius 3 is 2.06 bits per heavy atom. The second-order valence-electron chi connectivity index (χ2n) is 7.14. The average molecular weight is 442 g/mol. The van der Waals surface area contributed by atoms with Crippen LogP contribution in [0.3, 0.4) is 0 Å². The van der Waals surface area contributed by atoms with Crippen molar-refractivity contribution in [2.75, 3.05) is 29.8 Å². The first-order valence-corrected chi connectivity index (χ1v) is 11.1. The van der Waals surface area contributed by atoms with Gasteiger partial charge in [-0.15, -0.1) is 0 Å². The molecule has 31 heavy (non-hydrogen) atoms. The molecule has 0 spiro atoms. The number of amides is 1. The monoisotopic (exact) mass is 441 g/mol. The highest BCUT2D eigenvalue weighted by Gasteiger charge is 2.27. The minimum atomic E-state index is -4.06. The summed E-state index contributed by atoms with van der Waals surface area (Å²) in [5.74, 6) is -0.991. The van der Waals surface area contributed by atoms with E-state index in [4.69, 9.17) is 0 Å². The van der Waals surface area contributed by atoms with Gasteiger partial charge in [0.1, 0.15) is 12.4 Å². The van der Waals surface area contributed by atoms with Gasteiger partial charge in [-0.1, -0.05) is 30.3 Å². The summed E-state index contributed by atoms with van der Waals surface area (Å²) in [6.45, 7) is -0.134. The van der Waals surface area contributed by atoms with Crippen LogP contribution in [0.25, 0.3) is 0 Å². The van der Waals surface area contributed by atoms with Crippen LogP contribution in [0.2, 0.25) is 0 Å². The van der Waals surface area contributed by atoms with Crippen molar-refractivity contribution in [3.63, 3.8) is 0 Å². The Morgan fingerprint density at radius 1 is 0.871 bits per heavy atom. The molecular formula is C23H24FN3O3S. The number of carbonyl (C=O) groups is 1. The van der Waals surface area contributed by atoms with E-state index in [1.54, 1.807) is 30.3 Å². The third-order valence-corrected chi connectivity index (χ3v) is 6.46. The second kappa shape index (κ2) is 9.61. The van der Waals surface area contributed by atoms with Crippen LogP contribution in [0.15, 0.2) is 83.8 Å². The van der Waals surface area contributed by atoms with Crippen molar-refractivity contribution in [2.24, 2.45) is 0 Å². The van der Waals surface area contributed by atoms with Crippen molar-refractivity contribution in [3.05, 3.63) is 90.2 Å². The fourth-order valence-corrected chi connectivity index (χ4v) is 4.36. The van der Waals surface area contributed by atoms with Gasteiger partial charge in [0, 0.05) is 26.3 Å². The van der Waals surface area contributed by atoms with Crippen molar-refractivity contribution in [3.8, 4) is 0 Å². The molecule has 0 radical (unpaired) electrons. The van der Waals surface area contributed by atoms with Gasteiger partial charge in [-0.05, 0) is 54.1 Å². The molecule has 0 fully saturated rings. The molecule has 1 amide bonds. The summed E-state index contributed by atoms with van der Waals surface area (Å²) in [5, 5.41) is 2.76. The molecule has 0 saturated carbocycles. The zero-order chi connectivity index (χ0) is 22.4. The van der Waals surface area contributed by atoms with E-state index in [1.165, 1.54) is 12.1 Å². The van der Waals surface area contributed by atoms with Crippen LogP contribution in [-0.4, -0.2) is 35.0 Å². The SMILES string of the molecule is CN(C)c1ccc(CNC(=O)CN(c2ccccc2)S(=O)(=O)c2ccc(F)cc2)cc1. The molecule has 0 bridgehead atoms. The molecule has 0 atom stereocenters. The summed E-state index contributed by atoms with van der Waals surface area (Å²) >= 11 is 0. The van der Waals surface area contributed by atoms with Gasteiger partial charge in [-0.3, -0.25) is 9.10 Å². The molecule has 0 saturated heterocycles. The molecular weight excluding hydrogens is 417 g/mol. The summed E-state index contributed by atoms with van der Waals surface area (Å²) in [6.07, 6.45) is 0. The number of benzene rings is 3. The number of anilines is 2. The average Bonchev–Trinajstić information content (AvgIpc) is 2.77. The van der Waals surface area contributed by atoms with Crippen molar-refractivity contribution in [2.45, 2.75) is 11.4 Å². The van der Waals surface area contributed by atoms with Gasteiger partial charge in [0.05, 0.1) is 10.6 Å². The van der Waals surface area contributed by atoms with Crippen LogP contribution in [0.5, 0.6) is 0 Å². The summed E-state index contributed by atoms with van der Waals surface area (Å²) in [4.78, 5) is 14.5. The number of hydrogen-bond acceptors (Lipinski definition) is 4. The Kier molecular flexibility index (Phi) is 6.91. The minimum absolute atomic E-state index is 0.0928. The van der Waals surface area contributed by atoms with Crippen molar-refractivity contribution in [1.82, 2.24) is 5.32 Å². The Morgan fingerprint density at radius 2 is 1.48 bits per heavy atom. The number of halogens is 1. The number of nitrogens with zero attached hydrogens (tertiary/aromatic N) is 2. The van der Waals surface area contributed by atoms with Gasteiger partial charge in [-0.2, -0.15) is 0 Å². The van der Waals surface area contributed by atoms with Gasteiger partial charge in [0.25, 0.3) is 10.0 Å². The highest BCUT2D eigenvalue weighted by molar-refractivity contribution is 7.92. The molecule has 0 aliphatic rings. The summed E-state index contributed by atoms with van der Waals surface area (Å²) < 4.78 is 40.6. The molecule has 0 unspecified atom stereocenters. The second-order valence-corrected chi connectivity index (χ2v) is 9.00. The predicted octanol–water partition coefficient (Wildman–Crippen LogP) is 3.40. The summed E-state index contributed by atoms with van der Waals surface area (Å²) in [6, 6.07) is 20.6. The molecule has 0 aliphatic heterocycles. The lowest BCUT2D eigenvalue weighted by atomic mass is 10.2. The van der Waals surface area contributed by atoms with E-state index in [2.05, 4.69) is 5.32 Å². The van der Waals surface area contributed by atoms with E-state index in [1.807, 2.05) is 43.3 Å².